The van der Waals surface area contributed by atoms with Crippen LogP contribution in [0.25, 0.3) is 0 Å². The monoisotopic (exact) mass is 671 g/mol. The lowest BCUT2D eigenvalue weighted by molar-refractivity contribution is -0.136. The van der Waals surface area contributed by atoms with Gasteiger partial charge in [0, 0.05) is 42.6 Å². The van der Waals surface area contributed by atoms with Crippen LogP contribution in [0.5, 0.6) is 5.75 Å². The molecule has 3 aromatic rings. The lowest BCUT2D eigenvalue weighted by atomic mass is 9.85. The second kappa shape index (κ2) is 14.0. The number of nitrogens with zero attached hydrogens (tertiary/aromatic N) is 2. The van der Waals surface area contributed by atoms with Gasteiger partial charge in [0.15, 0.2) is 21.5 Å². The quantitative estimate of drug-likeness (QED) is 0.279. The maximum absolute atomic E-state index is 14.3. The molecule has 1 fully saturated rings. The van der Waals surface area contributed by atoms with Gasteiger partial charge >= 0.3 is 0 Å². The summed E-state index contributed by atoms with van der Waals surface area (Å²) in [7, 11) is -3.74. The van der Waals surface area contributed by atoms with Gasteiger partial charge in [-0.05, 0) is 54.1 Å². The van der Waals surface area contributed by atoms with Crippen molar-refractivity contribution in [2.24, 2.45) is 4.99 Å². The van der Waals surface area contributed by atoms with E-state index in [-0.39, 0.29) is 29.6 Å². The number of aliphatic hydroxyl groups excluding tert-OH is 1. The number of aliphatic imine (C=N–C) groups is 1. The van der Waals surface area contributed by atoms with Gasteiger partial charge in [-0.15, -0.1) is 0 Å². The van der Waals surface area contributed by atoms with Crippen molar-refractivity contribution in [3.05, 3.63) is 94.5 Å². The van der Waals surface area contributed by atoms with Crippen LogP contribution in [0, 0.1) is 0 Å². The molecule has 3 aromatic carbocycles. The van der Waals surface area contributed by atoms with Crippen LogP contribution in [-0.2, 0) is 24.1 Å². The SMILES string of the molecule is O=C(NN1CCOCC1)[C@@]1(CCS(=O)(=O)c2ccccc2)N=C(c2ccc(OCCCO)cc2)O[C@H]1c1ccc(Br)cc1. The number of carbonyl (C=O) groups excluding carboxylic acids is 1. The molecule has 1 amide bonds. The summed E-state index contributed by atoms with van der Waals surface area (Å²) in [4.78, 5) is 19.4. The van der Waals surface area contributed by atoms with Crippen molar-refractivity contribution < 1.29 is 32.5 Å². The number of halogens is 1. The number of aliphatic hydroxyl groups is 1. The van der Waals surface area contributed by atoms with Gasteiger partial charge < -0.3 is 19.3 Å². The van der Waals surface area contributed by atoms with E-state index >= 15 is 0 Å². The van der Waals surface area contributed by atoms with Gasteiger partial charge in [0.2, 0.25) is 5.90 Å². The van der Waals surface area contributed by atoms with Crippen molar-refractivity contribution in [1.82, 2.24) is 10.4 Å². The molecule has 2 atom stereocenters. The molecule has 10 nitrogen and oxygen atoms in total. The van der Waals surface area contributed by atoms with E-state index in [0.29, 0.717) is 56.2 Å². The van der Waals surface area contributed by atoms with E-state index in [2.05, 4.69) is 21.4 Å². The fraction of sp³-hybridized carbons (Fsp3) is 0.355. The average Bonchev–Trinajstić information content (AvgIpc) is 3.43. The standard InChI is InChI=1S/C31H34BrN3O7S/c32-25-11-7-23(8-12-25)28-31(30(37)34-35-16-20-40-21-17-35,15-22-43(38,39)27-5-2-1-3-6-27)33-29(42-28)24-9-13-26(14-10-24)41-19-4-18-36/h1-3,5-14,28,36H,4,15-22H2,(H,34,37)/t28-,31-/m0/s1. The van der Waals surface area contributed by atoms with E-state index in [1.54, 1.807) is 59.6 Å². The van der Waals surface area contributed by atoms with E-state index < -0.39 is 27.4 Å². The van der Waals surface area contributed by atoms with Crippen molar-refractivity contribution in [2.45, 2.75) is 29.4 Å². The Morgan fingerprint density at radius 1 is 1.05 bits per heavy atom. The zero-order chi connectivity index (χ0) is 30.3. The average molecular weight is 673 g/mol. The Hall–Kier alpha value is -3.29. The van der Waals surface area contributed by atoms with Crippen molar-refractivity contribution in [3.63, 3.8) is 0 Å². The molecule has 0 aromatic heterocycles. The minimum Gasteiger partial charge on any atom is -0.494 e. The van der Waals surface area contributed by atoms with E-state index in [0.717, 1.165) is 4.47 Å². The van der Waals surface area contributed by atoms with Gasteiger partial charge in [0.05, 0.1) is 30.5 Å². The van der Waals surface area contributed by atoms with E-state index in [1.807, 2.05) is 24.3 Å². The van der Waals surface area contributed by atoms with Crippen LogP contribution in [0.15, 0.2) is 93.2 Å². The first-order chi connectivity index (χ1) is 20.8. The van der Waals surface area contributed by atoms with Gasteiger partial charge in [0.25, 0.3) is 5.91 Å². The predicted molar refractivity (Wildman–Crippen MR) is 165 cm³/mol. The van der Waals surface area contributed by atoms with E-state index in [4.69, 9.17) is 24.3 Å². The van der Waals surface area contributed by atoms with E-state index in [9.17, 15) is 13.2 Å². The molecule has 0 aliphatic carbocycles. The summed E-state index contributed by atoms with van der Waals surface area (Å²) < 4.78 is 45.3. The molecule has 0 unspecified atom stereocenters. The lowest BCUT2D eigenvalue weighted by Crippen LogP contribution is -2.57. The van der Waals surface area contributed by atoms with Gasteiger partial charge in [-0.25, -0.2) is 18.4 Å². The van der Waals surface area contributed by atoms with Crippen LogP contribution in [0.2, 0.25) is 0 Å². The van der Waals surface area contributed by atoms with Crippen LogP contribution >= 0.6 is 15.9 Å². The topological polar surface area (TPSA) is 127 Å². The van der Waals surface area contributed by atoms with Crippen LogP contribution in [-0.4, -0.2) is 81.1 Å². The fourth-order valence-corrected chi connectivity index (χ4v) is 6.61. The summed E-state index contributed by atoms with van der Waals surface area (Å²) in [5.74, 6) is 0.0670. The fourth-order valence-electron chi connectivity index (χ4n) is 4.96. The first-order valence-electron chi connectivity index (χ1n) is 14.1. The van der Waals surface area contributed by atoms with E-state index in [1.165, 1.54) is 0 Å². The minimum atomic E-state index is -3.74. The lowest BCUT2D eigenvalue weighted by Gasteiger charge is -2.34. The molecular formula is C31H34BrN3O7S. The van der Waals surface area contributed by atoms with Gasteiger partial charge in [-0.3, -0.25) is 10.2 Å². The molecule has 1 saturated heterocycles. The first kappa shape index (κ1) is 31.1. The summed E-state index contributed by atoms with van der Waals surface area (Å²) in [5, 5.41) is 10.8. The molecule has 12 heteroatoms. The number of sulfone groups is 1. The van der Waals surface area contributed by atoms with Crippen LogP contribution in [0.4, 0.5) is 0 Å². The molecule has 2 heterocycles. The number of benzene rings is 3. The Balaban J connectivity index is 1.54. The van der Waals surface area contributed by atoms with Gasteiger partial charge in [0.1, 0.15) is 5.75 Å². The van der Waals surface area contributed by atoms with Crippen LogP contribution < -0.4 is 10.2 Å². The zero-order valence-corrected chi connectivity index (χ0v) is 25.9. The van der Waals surface area contributed by atoms with Crippen molar-refractivity contribution in [2.75, 3.05) is 45.3 Å². The van der Waals surface area contributed by atoms with Crippen LogP contribution in [0.3, 0.4) is 0 Å². The normalized spacial score (nSPS) is 20.7. The number of hydrazine groups is 1. The molecule has 5 rings (SSSR count). The molecule has 0 bridgehead atoms. The first-order valence-corrected chi connectivity index (χ1v) is 16.5. The predicted octanol–water partition coefficient (Wildman–Crippen LogP) is 3.69. The highest BCUT2D eigenvalue weighted by molar-refractivity contribution is 9.10. The molecular weight excluding hydrogens is 638 g/mol. The summed E-state index contributed by atoms with van der Waals surface area (Å²) in [6.45, 7) is 2.31. The highest BCUT2D eigenvalue weighted by atomic mass is 79.9. The zero-order valence-electron chi connectivity index (χ0n) is 23.5. The molecule has 43 heavy (non-hydrogen) atoms. The summed E-state index contributed by atoms with van der Waals surface area (Å²) in [6, 6.07) is 22.7. The largest absolute Gasteiger partial charge is 0.494 e. The smallest absolute Gasteiger partial charge is 0.266 e. The molecule has 0 saturated carbocycles. The molecule has 228 valence electrons. The highest BCUT2D eigenvalue weighted by Crippen LogP contribution is 2.43. The van der Waals surface area contributed by atoms with Crippen molar-refractivity contribution >= 4 is 37.6 Å². The maximum Gasteiger partial charge on any atom is 0.266 e. The Morgan fingerprint density at radius 2 is 1.74 bits per heavy atom. The molecule has 2 aliphatic rings. The number of hydrogen-bond acceptors (Lipinski definition) is 9. The maximum atomic E-state index is 14.3. The third kappa shape index (κ3) is 7.44. The summed E-state index contributed by atoms with van der Waals surface area (Å²) in [6.07, 6.45) is -0.505. The molecule has 2 N–H and O–H groups in total. The third-order valence-electron chi connectivity index (χ3n) is 7.33. The highest BCUT2D eigenvalue weighted by Gasteiger charge is 2.54. The summed E-state index contributed by atoms with van der Waals surface area (Å²) in [5.41, 5.74) is 2.68. The number of nitrogens with one attached hydrogen (secondary N) is 1. The van der Waals surface area contributed by atoms with Crippen molar-refractivity contribution in [1.29, 1.82) is 0 Å². The second-order valence-corrected chi connectivity index (χ2v) is 13.3. The Bertz CT molecular complexity index is 1510. The van der Waals surface area contributed by atoms with Gasteiger partial charge in [-0.1, -0.05) is 46.3 Å². The number of ether oxygens (including phenoxy) is 3. The Kier molecular flexibility index (Phi) is 10.1. The van der Waals surface area contributed by atoms with Gasteiger partial charge in [-0.2, -0.15) is 0 Å². The molecule has 0 spiro atoms. The summed E-state index contributed by atoms with van der Waals surface area (Å²) >= 11 is 3.47. The number of hydrogen-bond donors (Lipinski definition) is 2. The number of rotatable bonds is 12. The Morgan fingerprint density at radius 3 is 2.42 bits per heavy atom. The number of amides is 1. The third-order valence-corrected chi connectivity index (χ3v) is 9.59. The van der Waals surface area contributed by atoms with Crippen LogP contribution in [0.1, 0.15) is 30.1 Å². The molecule has 0 radical (unpaired) electrons. The number of morpholine rings is 1. The second-order valence-electron chi connectivity index (χ2n) is 10.3. The minimum absolute atomic E-state index is 0.0365. The molecule has 2 aliphatic heterocycles. The Labute approximate surface area is 259 Å². The van der Waals surface area contributed by atoms with Crippen molar-refractivity contribution in [3.8, 4) is 5.75 Å². The number of carbonyl (C=O) groups is 1.